The summed E-state index contributed by atoms with van der Waals surface area (Å²) in [6.07, 6.45) is 2.81. The van der Waals surface area contributed by atoms with E-state index in [1.54, 1.807) is 36.4 Å². The van der Waals surface area contributed by atoms with Crippen LogP contribution in [-0.4, -0.2) is 21.4 Å². The Balaban J connectivity index is 1.53. The van der Waals surface area contributed by atoms with Crippen molar-refractivity contribution in [1.29, 1.82) is 0 Å². The predicted molar refractivity (Wildman–Crippen MR) is 149 cm³/mol. The lowest BCUT2D eigenvalue weighted by atomic mass is 9.87. The van der Waals surface area contributed by atoms with Crippen molar-refractivity contribution in [3.63, 3.8) is 0 Å². The number of hydrogen-bond acceptors (Lipinski definition) is 4. The van der Waals surface area contributed by atoms with E-state index < -0.39 is 10.0 Å². The van der Waals surface area contributed by atoms with Gasteiger partial charge < -0.3 is 10.1 Å². The summed E-state index contributed by atoms with van der Waals surface area (Å²) in [5, 5.41) is 3.18. The normalized spacial score (nSPS) is 14.8. The lowest BCUT2D eigenvalue weighted by molar-refractivity contribution is 0.0933. The van der Waals surface area contributed by atoms with Crippen LogP contribution in [0.4, 0.5) is 5.69 Å². The number of benzene rings is 4. The number of amides is 1. The third kappa shape index (κ3) is 5.29. The van der Waals surface area contributed by atoms with Gasteiger partial charge >= 0.3 is 0 Å². The molecule has 6 nitrogen and oxygen atoms in total. The number of methoxy groups -OCH3 is 1. The zero-order valence-electron chi connectivity index (χ0n) is 21.2. The van der Waals surface area contributed by atoms with Crippen molar-refractivity contribution in [2.45, 2.75) is 36.7 Å². The number of rotatable bonds is 8. The third-order valence-electron chi connectivity index (χ3n) is 6.91. The molecule has 38 heavy (non-hydrogen) atoms. The van der Waals surface area contributed by atoms with Crippen LogP contribution in [0.5, 0.6) is 5.75 Å². The van der Waals surface area contributed by atoms with E-state index in [1.807, 2.05) is 42.5 Å². The largest absolute Gasteiger partial charge is 0.497 e. The van der Waals surface area contributed by atoms with Gasteiger partial charge in [-0.3, -0.25) is 9.10 Å². The summed E-state index contributed by atoms with van der Waals surface area (Å²) in [6, 6.07) is 30.6. The fourth-order valence-corrected chi connectivity index (χ4v) is 6.42. The van der Waals surface area contributed by atoms with Crippen LogP contribution in [0.2, 0.25) is 0 Å². The van der Waals surface area contributed by atoms with Crippen LogP contribution in [0.25, 0.3) is 0 Å². The highest BCUT2D eigenvalue weighted by Crippen LogP contribution is 2.33. The van der Waals surface area contributed by atoms with Crippen LogP contribution in [0.15, 0.2) is 108 Å². The van der Waals surface area contributed by atoms with E-state index in [9.17, 15) is 13.2 Å². The van der Waals surface area contributed by atoms with Crippen molar-refractivity contribution in [3.05, 3.63) is 125 Å². The number of anilines is 1. The third-order valence-corrected chi connectivity index (χ3v) is 8.68. The molecule has 0 spiro atoms. The molecule has 0 fully saturated rings. The number of fused-ring (bicyclic) bond motifs is 1. The molecule has 1 aliphatic carbocycles. The van der Waals surface area contributed by atoms with Gasteiger partial charge in [0.15, 0.2) is 0 Å². The minimum atomic E-state index is -4.02. The minimum Gasteiger partial charge on any atom is -0.497 e. The van der Waals surface area contributed by atoms with Gasteiger partial charge in [-0.05, 0) is 72.4 Å². The van der Waals surface area contributed by atoms with Crippen molar-refractivity contribution in [2.24, 2.45) is 0 Å². The van der Waals surface area contributed by atoms with E-state index in [2.05, 4.69) is 17.4 Å². The highest BCUT2D eigenvalue weighted by Gasteiger charge is 2.30. The summed E-state index contributed by atoms with van der Waals surface area (Å²) in [5.74, 6) is 0.261. The van der Waals surface area contributed by atoms with Gasteiger partial charge in [0, 0.05) is 0 Å². The van der Waals surface area contributed by atoms with Crippen molar-refractivity contribution >= 4 is 21.6 Å². The summed E-state index contributed by atoms with van der Waals surface area (Å²) < 4.78 is 34.6. The Morgan fingerprint density at radius 2 is 1.58 bits per heavy atom. The molecular weight excluding hydrogens is 496 g/mol. The second kappa shape index (κ2) is 11.1. The second-order valence-corrected chi connectivity index (χ2v) is 11.2. The van der Waals surface area contributed by atoms with E-state index in [-0.39, 0.29) is 23.4 Å². The number of ether oxygens (including phenoxy) is 1. The molecule has 5 rings (SSSR count). The summed E-state index contributed by atoms with van der Waals surface area (Å²) >= 11 is 0. The number of para-hydroxylation sites is 1. The quantitative estimate of drug-likeness (QED) is 0.310. The Kier molecular flexibility index (Phi) is 7.47. The maximum Gasteiger partial charge on any atom is 0.264 e. The molecule has 1 amide bonds. The SMILES string of the molecule is COc1ccc(S(=O)(=O)N(Cc2ccccc2)c2ccccc2C(=O)N[C@@H]2CCCc3ccccc32)cc1. The van der Waals surface area contributed by atoms with Gasteiger partial charge in [0.2, 0.25) is 0 Å². The Labute approximate surface area is 223 Å². The molecule has 7 heteroatoms. The number of carbonyl (C=O) groups is 1. The number of nitrogens with one attached hydrogen (secondary N) is 1. The number of sulfonamides is 1. The highest BCUT2D eigenvalue weighted by atomic mass is 32.2. The first kappa shape index (κ1) is 25.5. The van der Waals surface area contributed by atoms with Crippen molar-refractivity contribution in [1.82, 2.24) is 5.32 Å². The van der Waals surface area contributed by atoms with Crippen LogP contribution in [0, 0.1) is 0 Å². The number of carbonyl (C=O) groups excluding carboxylic acids is 1. The molecule has 0 saturated carbocycles. The van der Waals surface area contributed by atoms with E-state index in [0.29, 0.717) is 17.0 Å². The first-order chi connectivity index (χ1) is 18.5. The molecule has 4 aromatic rings. The lowest BCUT2D eigenvalue weighted by Crippen LogP contribution is -2.35. The molecule has 0 heterocycles. The Morgan fingerprint density at radius 3 is 2.34 bits per heavy atom. The predicted octanol–water partition coefficient (Wildman–Crippen LogP) is 5.90. The number of aryl methyl sites for hydroxylation is 1. The zero-order chi connectivity index (χ0) is 26.5. The Bertz CT molecular complexity index is 1520. The summed E-state index contributed by atoms with van der Waals surface area (Å²) in [4.78, 5) is 13.8. The maximum absolute atomic E-state index is 14.0. The average molecular weight is 527 g/mol. The highest BCUT2D eigenvalue weighted by molar-refractivity contribution is 7.92. The van der Waals surface area contributed by atoms with Crippen LogP contribution in [0.3, 0.4) is 0 Å². The summed E-state index contributed by atoms with van der Waals surface area (Å²) in [5.41, 5.74) is 3.81. The first-order valence-corrected chi connectivity index (χ1v) is 14.1. The van der Waals surface area contributed by atoms with Gasteiger partial charge in [-0.2, -0.15) is 0 Å². The first-order valence-electron chi connectivity index (χ1n) is 12.7. The van der Waals surface area contributed by atoms with Gasteiger partial charge in [0.25, 0.3) is 15.9 Å². The molecule has 1 aliphatic rings. The van der Waals surface area contributed by atoms with Gasteiger partial charge in [0.1, 0.15) is 5.75 Å². The number of hydrogen-bond donors (Lipinski definition) is 1. The lowest BCUT2D eigenvalue weighted by Gasteiger charge is -2.29. The van der Waals surface area contributed by atoms with Crippen molar-refractivity contribution < 1.29 is 17.9 Å². The zero-order valence-corrected chi connectivity index (χ0v) is 22.0. The topological polar surface area (TPSA) is 75.7 Å². The summed E-state index contributed by atoms with van der Waals surface area (Å²) in [7, 11) is -2.48. The molecule has 194 valence electrons. The van der Waals surface area contributed by atoms with Gasteiger partial charge in [-0.1, -0.05) is 66.7 Å². The molecule has 0 aromatic heterocycles. The second-order valence-electron chi connectivity index (χ2n) is 9.31. The molecule has 0 unspecified atom stereocenters. The molecule has 0 radical (unpaired) electrons. The molecule has 1 atom stereocenters. The maximum atomic E-state index is 14.0. The van der Waals surface area contributed by atoms with E-state index in [4.69, 9.17) is 4.74 Å². The van der Waals surface area contributed by atoms with E-state index in [0.717, 1.165) is 30.4 Å². The monoisotopic (exact) mass is 526 g/mol. The van der Waals surface area contributed by atoms with Crippen LogP contribution >= 0.6 is 0 Å². The summed E-state index contributed by atoms with van der Waals surface area (Å²) in [6.45, 7) is 0.0752. The van der Waals surface area contributed by atoms with Crippen LogP contribution in [0.1, 0.15) is 45.9 Å². The average Bonchev–Trinajstić information content (AvgIpc) is 2.96. The molecule has 0 aliphatic heterocycles. The fourth-order valence-electron chi connectivity index (χ4n) is 4.95. The van der Waals surface area contributed by atoms with Gasteiger partial charge in [-0.15, -0.1) is 0 Å². The Hall–Kier alpha value is -4.10. The molecule has 4 aromatic carbocycles. The van der Waals surface area contributed by atoms with E-state index in [1.165, 1.54) is 29.1 Å². The molecule has 1 N–H and O–H groups in total. The molecule has 0 saturated heterocycles. The van der Waals surface area contributed by atoms with Crippen LogP contribution in [-0.2, 0) is 23.0 Å². The van der Waals surface area contributed by atoms with Crippen molar-refractivity contribution in [2.75, 3.05) is 11.4 Å². The Morgan fingerprint density at radius 1 is 0.895 bits per heavy atom. The van der Waals surface area contributed by atoms with E-state index >= 15 is 0 Å². The number of nitrogens with zero attached hydrogens (tertiary/aromatic N) is 1. The van der Waals surface area contributed by atoms with Crippen molar-refractivity contribution in [3.8, 4) is 5.75 Å². The van der Waals surface area contributed by atoms with Gasteiger partial charge in [-0.25, -0.2) is 8.42 Å². The minimum absolute atomic E-state index is 0.0752. The standard InChI is InChI=1S/C31H30N2O4S/c1-37-25-18-20-26(21-19-25)38(35,36)33(22-23-10-3-2-4-11-23)30-17-8-7-15-28(30)31(34)32-29-16-9-13-24-12-5-6-14-27(24)29/h2-8,10-12,14-15,17-21,29H,9,13,16,22H2,1H3,(H,32,34)/t29-/m1/s1. The molecule has 0 bridgehead atoms. The van der Waals surface area contributed by atoms with Gasteiger partial charge in [0.05, 0.1) is 35.8 Å². The molecular formula is C31H30N2O4S. The van der Waals surface area contributed by atoms with Crippen LogP contribution < -0.4 is 14.4 Å². The smallest absolute Gasteiger partial charge is 0.264 e. The fraction of sp³-hybridized carbons (Fsp3) is 0.194.